The molecular formula is C12H16O3S. The van der Waals surface area contributed by atoms with Crippen molar-refractivity contribution in [1.29, 1.82) is 0 Å². The standard InChI is InChI=1S/C12H16O3S/c1-10(12(13)14)9-16(15)8-7-11-5-3-2-4-6-11/h2-6,10H,7-9H2,1H3,(H,13,14). The number of rotatable bonds is 6. The number of hydrogen-bond donors (Lipinski definition) is 1. The first-order valence-electron chi connectivity index (χ1n) is 5.21. The van der Waals surface area contributed by atoms with Crippen LogP contribution in [0.2, 0.25) is 0 Å². The van der Waals surface area contributed by atoms with Gasteiger partial charge in [0.1, 0.15) is 0 Å². The molecule has 0 spiro atoms. The van der Waals surface area contributed by atoms with E-state index in [2.05, 4.69) is 0 Å². The van der Waals surface area contributed by atoms with Crippen LogP contribution in [0.25, 0.3) is 0 Å². The highest BCUT2D eigenvalue weighted by Crippen LogP contribution is 2.03. The molecule has 0 heterocycles. The van der Waals surface area contributed by atoms with Gasteiger partial charge < -0.3 is 5.11 Å². The molecule has 0 aliphatic carbocycles. The predicted molar refractivity (Wildman–Crippen MR) is 64.8 cm³/mol. The van der Waals surface area contributed by atoms with Crippen LogP contribution in [-0.4, -0.2) is 26.8 Å². The Hall–Kier alpha value is -1.16. The molecule has 88 valence electrons. The third-order valence-electron chi connectivity index (χ3n) is 2.32. The summed E-state index contributed by atoms with van der Waals surface area (Å²) < 4.78 is 11.6. The number of carboxylic acid groups (broad SMARTS) is 1. The first-order valence-corrected chi connectivity index (χ1v) is 6.70. The summed E-state index contributed by atoms with van der Waals surface area (Å²) in [7, 11) is -1.05. The second kappa shape index (κ2) is 6.43. The maximum Gasteiger partial charge on any atom is 0.307 e. The molecule has 1 aromatic rings. The minimum absolute atomic E-state index is 0.238. The van der Waals surface area contributed by atoms with Gasteiger partial charge in [-0.1, -0.05) is 37.3 Å². The summed E-state index contributed by atoms with van der Waals surface area (Å²) in [6.45, 7) is 1.59. The fourth-order valence-corrected chi connectivity index (χ4v) is 2.64. The second-order valence-corrected chi connectivity index (χ2v) is 5.41. The van der Waals surface area contributed by atoms with Crippen LogP contribution in [0.3, 0.4) is 0 Å². The normalized spacial score (nSPS) is 14.3. The molecule has 0 aliphatic heterocycles. The molecule has 0 radical (unpaired) electrons. The van der Waals surface area contributed by atoms with Gasteiger partial charge in [-0.25, -0.2) is 0 Å². The lowest BCUT2D eigenvalue weighted by Crippen LogP contribution is -2.19. The van der Waals surface area contributed by atoms with Gasteiger partial charge in [0.05, 0.1) is 5.92 Å². The van der Waals surface area contributed by atoms with Gasteiger partial charge in [0.15, 0.2) is 0 Å². The molecule has 2 atom stereocenters. The van der Waals surface area contributed by atoms with Crippen molar-refractivity contribution < 1.29 is 14.1 Å². The number of aliphatic carboxylic acids is 1. The smallest absolute Gasteiger partial charge is 0.307 e. The highest BCUT2D eigenvalue weighted by atomic mass is 32.2. The minimum Gasteiger partial charge on any atom is -0.481 e. The van der Waals surface area contributed by atoms with E-state index < -0.39 is 22.7 Å². The van der Waals surface area contributed by atoms with Crippen molar-refractivity contribution >= 4 is 16.8 Å². The van der Waals surface area contributed by atoms with Gasteiger partial charge in [-0.15, -0.1) is 0 Å². The van der Waals surface area contributed by atoms with Crippen LogP contribution in [0.4, 0.5) is 0 Å². The third-order valence-corrected chi connectivity index (χ3v) is 3.85. The van der Waals surface area contributed by atoms with Crippen molar-refractivity contribution in [3.05, 3.63) is 35.9 Å². The van der Waals surface area contributed by atoms with Gasteiger partial charge in [-0.2, -0.15) is 0 Å². The molecule has 0 bridgehead atoms. The van der Waals surface area contributed by atoms with Crippen molar-refractivity contribution in [3.63, 3.8) is 0 Å². The molecule has 1 N–H and O–H groups in total. The Labute approximate surface area is 98.0 Å². The van der Waals surface area contributed by atoms with Crippen LogP contribution in [0.15, 0.2) is 30.3 Å². The first kappa shape index (κ1) is 12.9. The maximum absolute atomic E-state index is 11.6. The van der Waals surface area contributed by atoms with Gasteiger partial charge in [0.2, 0.25) is 0 Å². The number of aryl methyl sites for hydroxylation is 1. The highest BCUT2D eigenvalue weighted by Gasteiger charge is 2.14. The number of hydrogen-bond acceptors (Lipinski definition) is 2. The lowest BCUT2D eigenvalue weighted by Gasteiger charge is -2.06. The molecule has 0 fully saturated rings. The average molecular weight is 240 g/mol. The highest BCUT2D eigenvalue weighted by molar-refractivity contribution is 7.85. The lowest BCUT2D eigenvalue weighted by atomic mass is 10.2. The van der Waals surface area contributed by atoms with Crippen LogP contribution in [0.5, 0.6) is 0 Å². The Kier molecular flexibility index (Phi) is 5.19. The molecule has 0 saturated heterocycles. The molecule has 2 unspecified atom stereocenters. The quantitative estimate of drug-likeness (QED) is 0.823. The average Bonchev–Trinajstić information content (AvgIpc) is 2.27. The summed E-state index contributed by atoms with van der Waals surface area (Å²) in [5.41, 5.74) is 1.14. The van der Waals surface area contributed by atoms with Crippen molar-refractivity contribution in [1.82, 2.24) is 0 Å². The van der Waals surface area contributed by atoms with E-state index in [4.69, 9.17) is 5.11 Å². The molecular weight excluding hydrogens is 224 g/mol. The summed E-state index contributed by atoms with van der Waals surface area (Å²) >= 11 is 0. The Balaban J connectivity index is 2.33. The minimum atomic E-state index is -1.05. The summed E-state index contributed by atoms with van der Waals surface area (Å²) in [5.74, 6) is -0.645. The Morgan fingerprint density at radius 2 is 2.00 bits per heavy atom. The number of benzene rings is 1. The summed E-state index contributed by atoms with van der Waals surface area (Å²) in [6, 6.07) is 9.79. The zero-order chi connectivity index (χ0) is 12.0. The van der Waals surface area contributed by atoms with Crippen LogP contribution in [0, 0.1) is 5.92 Å². The predicted octanol–water partition coefficient (Wildman–Crippen LogP) is 1.70. The first-order chi connectivity index (χ1) is 7.59. The van der Waals surface area contributed by atoms with Gasteiger partial charge in [0, 0.05) is 22.3 Å². The SMILES string of the molecule is CC(CS(=O)CCc1ccccc1)C(=O)O. The van der Waals surface area contributed by atoms with Crippen LogP contribution < -0.4 is 0 Å². The fraction of sp³-hybridized carbons (Fsp3) is 0.417. The van der Waals surface area contributed by atoms with Crippen molar-refractivity contribution in [2.24, 2.45) is 5.92 Å². The molecule has 0 saturated carbocycles. The Bertz CT molecular complexity index is 362. The molecule has 0 aliphatic rings. The van der Waals surface area contributed by atoms with Crippen LogP contribution in [0.1, 0.15) is 12.5 Å². The van der Waals surface area contributed by atoms with E-state index in [1.807, 2.05) is 30.3 Å². The van der Waals surface area contributed by atoms with Gasteiger partial charge in [-0.3, -0.25) is 9.00 Å². The summed E-state index contributed by atoms with van der Waals surface area (Å²) in [6.07, 6.45) is 0.736. The van der Waals surface area contributed by atoms with Crippen molar-refractivity contribution in [2.75, 3.05) is 11.5 Å². The topological polar surface area (TPSA) is 54.4 Å². The molecule has 3 nitrogen and oxygen atoms in total. The zero-order valence-corrected chi connectivity index (χ0v) is 10.1. The molecule has 4 heteroatoms. The van der Waals surface area contributed by atoms with Gasteiger partial charge in [0.25, 0.3) is 0 Å². The van der Waals surface area contributed by atoms with Crippen molar-refractivity contribution in [3.8, 4) is 0 Å². The van der Waals surface area contributed by atoms with E-state index in [9.17, 15) is 9.00 Å². The molecule has 1 aromatic carbocycles. The van der Waals surface area contributed by atoms with E-state index in [-0.39, 0.29) is 5.75 Å². The molecule has 1 rings (SSSR count). The third kappa shape index (κ3) is 4.57. The Morgan fingerprint density at radius 3 is 2.56 bits per heavy atom. The summed E-state index contributed by atoms with van der Waals surface area (Å²) in [5, 5.41) is 8.68. The van der Waals surface area contributed by atoms with Gasteiger partial charge >= 0.3 is 5.97 Å². The largest absolute Gasteiger partial charge is 0.481 e. The number of carbonyl (C=O) groups is 1. The van der Waals surface area contributed by atoms with E-state index in [1.165, 1.54) is 0 Å². The van der Waals surface area contributed by atoms with Crippen molar-refractivity contribution in [2.45, 2.75) is 13.3 Å². The van der Waals surface area contributed by atoms with E-state index >= 15 is 0 Å². The van der Waals surface area contributed by atoms with Crippen LogP contribution in [-0.2, 0) is 22.0 Å². The monoisotopic (exact) mass is 240 g/mol. The lowest BCUT2D eigenvalue weighted by molar-refractivity contribution is -0.140. The zero-order valence-electron chi connectivity index (χ0n) is 9.26. The van der Waals surface area contributed by atoms with E-state index in [1.54, 1.807) is 6.92 Å². The fourth-order valence-electron chi connectivity index (χ4n) is 1.31. The molecule has 16 heavy (non-hydrogen) atoms. The summed E-state index contributed by atoms with van der Waals surface area (Å²) in [4.78, 5) is 10.6. The van der Waals surface area contributed by atoms with E-state index in [0.717, 1.165) is 12.0 Å². The molecule has 0 amide bonds. The molecule has 0 aromatic heterocycles. The number of carboxylic acids is 1. The van der Waals surface area contributed by atoms with Gasteiger partial charge in [-0.05, 0) is 12.0 Å². The van der Waals surface area contributed by atoms with Crippen LogP contribution >= 0.6 is 0 Å². The maximum atomic E-state index is 11.6. The van der Waals surface area contributed by atoms with E-state index in [0.29, 0.717) is 5.75 Å². The second-order valence-electron chi connectivity index (χ2n) is 3.79. The Morgan fingerprint density at radius 1 is 1.38 bits per heavy atom.